The van der Waals surface area contributed by atoms with E-state index < -0.39 is 48.1 Å². The van der Waals surface area contributed by atoms with Gasteiger partial charge in [0.1, 0.15) is 0 Å². The molecule has 0 unspecified atom stereocenters. The molecule has 0 saturated carbocycles. The Morgan fingerprint density at radius 1 is 1.00 bits per heavy atom. The molecular weight excluding hydrogens is 450 g/mol. The van der Waals surface area contributed by atoms with Gasteiger partial charge in [0.15, 0.2) is 0 Å². The minimum atomic E-state index is -6.01. The first-order chi connectivity index (χ1) is 8.35. The fourth-order valence-electron chi connectivity index (χ4n) is 0.663. The van der Waals surface area contributed by atoms with Gasteiger partial charge in [-0.05, 0) is 0 Å². The molecule has 118 valence electrons. The van der Waals surface area contributed by atoms with Crippen LogP contribution in [0.1, 0.15) is 0 Å². The molecule has 0 bridgehead atoms. The van der Waals surface area contributed by atoms with E-state index in [2.05, 4.69) is 0 Å². The normalized spacial score (nSPS) is 14.8. The summed E-state index contributed by atoms with van der Waals surface area (Å²) in [5.41, 5.74) is -5.73. The van der Waals surface area contributed by atoms with Crippen LogP contribution in [0.2, 0.25) is 0 Å². The van der Waals surface area contributed by atoms with Crippen molar-refractivity contribution in [3.63, 3.8) is 0 Å². The van der Waals surface area contributed by atoms with Crippen molar-refractivity contribution >= 4 is 23.5 Å². The topological polar surface area (TPSA) is 108 Å². The van der Waals surface area contributed by atoms with Gasteiger partial charge >= 0.3 is 117 Å². The number of rotatable bonds is 7. The van der Waals surface area contributed by atoms with Crippen molar-refractivity contribution in [2.45, 2.75) is 5.51 Å². The van der Waals surface area contributed by atoms with Crippen LogP contribution in [0, 0.1) is 0 Å². The Hall–Kier alpha value is 0.477. The van der Waals surface area contributed by atoms with E-state index in [0.717, 1.165) is 21.3 Å². The molecule has 0 fully saturated rings. The molecule has 0 heterocycles. The summed E-state index contributed by atoms with van der Waals surface area (Å²) in [6.07, 6.45) is -3.68. The Morgan fingerprint density at radius 2 is 1.37 bits per heavy atom. The van der Waals surface area contributed by atoms with Gasteiger partial charge in [0.2, 0.25) is 0 Å². The average Bonchev–Trinajstić information content (AvgIpc) is 2.23. The van der Waals surface area contributed by atoms with Crippen LogP contribution in [0.3, 0.4) is 0 Å². The molecule has 0 aromatic carbocycles. The number of sulfonamides is 1. The standard InChI is InChI=1S/C4H10F3INO7S2Si/c1-14-19(15-2,16-3)8-18(12,13)9-17(10,11)4(5,6)7/h9H,1-3H3/q-1. The maximum absolute atomic E-state index is 12.1. The monoisotopic (exact) mass is 460 g/mol. The first-order valence-corrected chi connectivity index (χ1v) is 14.4. The summed E-state index contributed by atoms with van der Waals surface area (Å²) in [5, 5.41) is 0. The average molecular weight is 460 g/mol. The number of hydrogen-bond donors (Lipinski definition) is 1. The minimum absolute atomic E-state index is 0.594. The van der Waals surface area contributed by atoms with Crippen molar-refractivity contribution in [3.8, 4) is 0 Å². The molecule has 0 aliphatic heterocycles. The van der Waals surface area contributed by atoms with E-state index in [1.807, 2.05) is 0 Å². The molecule has 0 aliphatic rings. The number of nitrogens with one attached hydrogen (secondary N) is 1. The third-order valence-electron chi connectivity index (χ3n) is 1.44. The number of hydrogen-bond acceptors (Lipinski definition) is 7. The van der Waals surface area contributed by atoms with Crippen LogP contribution in [0.5, 0.6) is 0 Å². The van der Waals surface area contributed by atoms with Gasteiger partial charge in [-0.1, -0.05) is 0 Å². The van der Waals surface area contributed by atoms with E-state index >= 15 is 0 Å². The second kappa shape index (κ2) is 6.50. The van der Waals surface area contributed by atoms with Crippen LogP contribution in [-0.4, -0.2) is 50.0 Å². The second-order valence-corrected chi connectivity index (χ2v) is 19.9. The van der Waals surface area contributed by atoms with E-state index in [1.165, 1.54) is 0 Å². The molecule has 0 spiro atoms. The Bertz CT molecular complexity index is 493. The first kappa shape index (κ1) is 19.5. The van der Waals surface area contributed by atoms with Gasteiger partial charge in [-0.15, -0.1) is 0 Å². The van der Waals surface area contributed by atoms with E-state index in [9.17, 15) is 30.0 Å². The Labute approximate surface area is 116 Å². The van der Waals surface area contributed by atoms with E-state index in [-0.39, 0.29) is 0 Å². The molecule has 0 radical (unpaired) electrons. The van der Waals surface area contributed by atoms with Crippen LogP contribution >= 0.6 is 0 Å². The third kappa shape index (κ3) is 5.40. The molecule has 0 amide bonds. The zero-order valence-corrected chi connectivity index (χ0v) is 14.5. The summed E-state index contributed by atoms with van der Waals surface area (Å²) in [4.78, 5) is 0. The molecule has 15 heteroatoms. The van der Waals surface area contributed by atoms with Gasteiger partial charge in [0.05, 0.1) is 0 Å². The molecular formula is C4H10F3INO7S2Si-. The maximum atomic E-state index is 12.1. The van der Waals surface area contributed by atoms with Crippen LogP contribution in [0.4, 0.5) is 13.2 Å². The van der Waals surface area contributed by atoms with Crippen LogP contribution in [0.25, 0.3) is 0 Å². The van der Waals surface area contributed by atoms with Crippen molar-refractivity contribution in [1.82, 2.24) is 4.13 Å². The summed E-state index contributed by atoms with van der Waals surface area (Å²) in [6, 6.07) is 0. The molecule has 0 aliphatic carbocycles. The van der Waals surface area contributed by atoms with Gasteiger partial charge in [0, 0.05) is 0 Å². The van der Waals surface area contributed by atoms with Gasteiger partial charge in [-0.3, -0.25) is 0 Å². The predicted octanol–water partition coefficient (Wildman–Crippen LogP) is -3.87. The molecule has 0 atom stereocenters. The Morgan fingerprint density at radius 3 is 1.63 bits per heavy atom. The molecule has 0 aromatic heterocycles. The van der Waals surface area contributed by atoms with Crippen LogP contribution in [0.15, 0.2) is 0 Å². The van der Waals surface area contributed by atoms with E-state index in [1.54, 1.807) is 0 Å². The SMILES string of the molecule is CO[Si](OC)(OC)[I-]S(=O)(=O)NS(=O)(=O)C(F)(F)F. The fraction of sp³-hybridized carbons (Fsp3) is 1.00. The Balaban J connectivity index is 5.24. The molecule has 1 N–H and O–H groups in total. The molecule has 0 saturated heterocycles. The fourth-order valence-corrected chi connectivity index (χ4v) is 20.6. The second-order valence-electron chi connectivity index (χ2n) is 2.64. The number of alkyl halides is 3. The van der Waals surface area contributed by atoms with Crippen molar-refractivity contribution in [2.75, 3.05) is 21.3 Å². The van der Waals surface area contributed by atoms with Gasteiger partial charge < -0.3 is 0 Å². The van der Waals surface area contributed by atoms with Crippen LogP contribution < -0.4 is 23.2 Å². The van der Waals surface area contributed by atoms with Crippen molar-refractivity contribution in [1.29, 1.82) is 0 Å². The summed E-state index contributed by atoms with van der Waals surface area (Å²) in [6.45, 7) is 0. The summed E-state index contributed by atoms with van der Waals surface area (Å²) < 4.78 is 95.2. The molecule has 0 rings (SSSR count). The molecule has 19 heavy (non-hydrogen) atoms. The summed E-state index contributed by atoms with van der Waals surface area (Å²) >= 11 is -2.33. The zero-order chi connectivity index (χ0) is 15.5. The van der Waals surface area contributed by atoms with Gasteiger partial charge in [-0.25, -0.2) is 0 Å². The van der Waals surface area contributed by atoms with Crippen molar-refractivity contribution in [3.05, 3.63) is 0 Å². The van der Waals surface area contributed by atoms with Crippen LogP contribution in [-0.2, 0) is 30.5 Å². The van der Waals surface area contributed by atoms with E-state index in [4.69, 9.17) is 13.3 Å². The van der Waals surface area contributed by atoms with Crippen molar-refractivity contribution in [2.24, 2.45) is 0 Å². The zero-order valence-electron chi connectivity index (χ0n) is 9.69. The quantitative estimate of drug-likeness (QED) is 0.179. The van der Waals surface area contributed by atoms with Gasteiger partial charge in [0.25, 0.3) is 0 Å². The van der Waals surface area contributed by atoms with E-state index in [0.29, 0.717) is 4.13 Å². The molecule has 8 nitrogen and oxygen atoms in total. The summed E-state index contributed by atoms with van der Waals surface area (Å²) in [5.74, 6) is 0. The summed E-state index contributed by atoms with van der Waals surface area (Å²) in [7, 11) is -7.64. The predicted molar refractivity (Wildman–Crippen MR) is 53.8 cm³/mol. The number of halogens is 4. The third-order valence-corrected chi connectivity index (χ3v) is 22.4. The Kier molecular flexibility index (Phi) is 6.66. The first-order valence-electron chi connectivity index (χ1n) is 4.03. The van der Waals surface area contributed by atoms with Gasteiger partial charge in [-0.2, -0.15) is 0 Å². The van der Waals surface area contributed by atoms with Crippen molar-refractivity contribution < 1.29 is 62.3 Å². The molecule has 0 aromatic rings.